The fourth-order valence-electron chi connectivity index (χ4n) is 2.03. The Kier molecular flexibility index (Phi) is 7.60. The van der Waals surface area contributed by atoms with Crippen LogP contribution in [0.15, 0.2) is 25.3 Å². The van der Waals surface area contributed by atoms with E-state index in [4.69, 9.17) is 0 Å². The number of hydrogen-bond acceptors (Lipinski definition) is 4. The Balaban J connectivity index is 0.000000200. The molecule has 2 amide bonds. The molecule has 0 unspecified atom stereocenters. The third kappa shape index (κ3) is 5.54. The first-order chi connectivity index (χ1) is 9.69. The maximum Gasteiger partial charge on any atom is 0.246 e. The number of piperazine rings is 2. The van der Waals surface area contributed by atoms with E-state index in [1.165, 1.54) is 12.2 Å². The number of nitrogens with one attached hydrogen (secondary N) is 2. The predicted octanol–water partition coefficient (Wildman–Crippen LogP) is -0.792. The molecule has 0 aromatic carbocycles. The van der Waals surface area contributed by atoms with E-state index >= 15 is 0 Å². The molecule has 0 aromatic heterocycles. The fourth-order valence-corrected chi connectivity index (χ4v) is 2.03. The highest BCUT2D eigenvalue weighted by Gasteiger charge is 2.12. The van der Waals surface area contributed by atoms with Crippen molar-refractivity contribution in [3.05, 3.63) is 25.3 Å². The fraction of sp³-hybridized carbons (Fsp3) is 0.571. The minimum Gasteiger partial charge on any atom is -0.337 e. The lowest BCUT2D eigenvalue weighted by Crippen LogP contribution is -2.45. The quantitative estimate of drug-likeness (QED) is 0.651. The Morgan fingerprint density at radius 2 is 1.05 bits per heavy atom. The summed E-state index contributed by atoms with van der Waals surface area (Å²) in [4.78, 5) is 25.5. The molecule has 6 nitrogen and oxygen atoms in total. The van der Waals surface area contributed by atoms with E-state index in [0.717, 1.165) is 52.4 Å². The van der Waals surface area contributed by atoms with Crippen LogP contribution in [0, 0.1) is 0 Å². The van der Waals surface area contributed by atoms with E-state index < -0.39 is 0 Å². The summed E-state index contributed by atoms with van der Waals surface area (Å²) in [5, 5.41) is 6.33. The number of hydrogen-bond donors (Lipinski definition) is 2. The van der Waals surface area contributed by atoms with E-state index in [2.05, 4.69) is 23.8 Å². The van der Waals surface area contributed by atoms with E-state index in [1.54, 1.807) is 9.80 Å². The highest BCUT2D eigenvalue weighted by atomic mass is 16.2. The van der Waals surface area contributed by atoms with Crippen LogP contribution in [0.3, 0.4) is 0 Å². The van der Waals surface area contributed by atoms with Gasteiger partial charge in [0.2, 0.25) is 11.8 Å². The number of rotatable bonds is 2. The van der Waals surface area contributed by atoms with Crippen LogP contribution in [-0.2, 0) is 9.59 Å². The van der Waals surface area contributed by atoms with Gasteiger partial charge in [-0.1, -0.05) is 13.2 Å². The summed E-state index contributed by atoms with van der Waals surface area (Å²) in [6.45, 7) is 13.7. The van der Waals surface area contributed by atoms with Gasteiger partial charge in [0, 0.05) is 52.4 Å². The van der Waals surface area contributed by atoms with Crippen LogP contribution in [0.5, 0.6) is 0 Å². The molecule has 0 aliphatic carbocycles. The largest absolute Gasteiger partial charge is 0.337 e. The third-order valence-corrected chi connectivity index (χ3v) is 3.21. The van der Waals surface area contributed by atoms with E-state index in [9.17, 15) is 9.59 Å². The van der Waals surface area contributed by atoms with Crippen molar-refractivity contribution in [1.29, 1.82) is 0 Å². The standard InChI is InChI=1S/2C7H12N2O/c2*1-2-7(10)9-5-3-8-4-6-9/h2*2,8H,1,3-6H2. The highest BCUT2D eigenvalue weighted by molar-refractivity contribution is 5.87. The minimum absolute atomic E-state index is 0.0431. The smallest absolute Gasteiger partial charge is 0.246 e. The van der Waals surface area contributed by atoms with Crippen LogP contribution < -0.4 is 10.6 Å². The molecule has 2 rings (SSSR count). The lowest BCUT2D eigenvalue weighted by atomic mass is 10.3. The SMILES string of the molecule is C=CC(=O)N1CCNCC1.C=CC(=O)N1CCNCC1. The van der Waals surface area contributed by atoms with Crippen LogP contribution >= 0.6 is 0 Å². The van der Waals surface area contributed by atoms with Gasteiger partial charge in [-0.3, -0.25) is 9.59 Å². The van der Waals surface area contributed by atoms with Gasteiger partial charge in [0.15, 0.2) is 0 Å². The van der Waals surface area contributed by atoms with Gasteiger partial charge >= 0.3 is 0 Å². The summed E-state index contributed by atoms with van der Waals surface area (Å²) in [5.41, 5.74) is 0. The molecule has 0 aromatic rings. The zero-order chi connectivity index (χ0) is 14.8. The van der Waals surface area contributed by atoms with Crippen molar-refractivity contribution >= 4 is 11.8 Å². The molecule has 6 heteroatoms. The average Bonchev–Trinajstić information content (AvgIpc) is 2.55. The maximum atomic E-state index is 10.9. The van der Waals surface area contributed by atoms with Gasteiger partial charge in [-0.05, 0) is 12.2 Å². The van der Waals surface area contributed by atoms with Crippen LogP contribution in [0.2, 0.25) is 0 Å². The zero-order valence-corrected chi connectivity index (χ0v) is 11.9. The zero-order valence-electron chi connectivity index (χ0n) is 11.9. The van der Waals surface area contributed by atoms with Crippen molar-refractivity contribution < 1.29 is 9.59 Å². The molecule has 0 bridgehead atoms. The van der Waals surface area contributed by atoms with Gasteiger partial charge in [0.1, 0.15) is 0 Å². The molecule has 0 saturated carbocycles. The highest BCUT2D eigenvalue weighted by Crippen LogP contribution is 1.93. The van der Waals surface area contributed by atoms with Crippen molar-refractivity contribution in [2.24, 2.45) is 0 Å². The molecule has 20 heavy (non-hydrogen) atoms. The molecular formula is C14H24N4O2. The summed E-state index contributed by atoms with van der Waals surface area (Å²) in [7, 11) is 0. The summed E-state index contributed by atoms with van der Waals surface area (Å²) < 4.78 is 0. The monoisotopic (exact) mass is 280 g/mol. The second-order valence-electron chi connectivity index (χ2n) is 4.56. The van der Waals surface area contributed by atoms with Crippen LogP contribution in [0.25, 0.3) is 0 Å². The van der Waals surface area contributed by atoms with Crippen LogP contribution in [0.4, 0.5) is 0 Å². The van der Waals surface area contributed by atoms with E-state index in [-0.39, 0.29) is 11.8 Å². The Morgan fingerprint density at radius 1 is 0.750 bits per heavy atom. The first kappa shape index (κ1) is 16.4. The van der Waals surface area contributed by atoms with Crippen molar-refractivity contribution in [3.63, 3.8) is 0 Å². The predicted molar refractivity (Wildman–Crippen MR) is 79.3 cm³/mol. The molecular weight excluding hydrogens is 256 g/mol. The summed E-state index contributed by atoms with van der Waals surface area (Å²) >= 11 is 0. The Morgan fingerprint density at radius 3 is 1.30 bits per heavy atom. The van der Waals surface area contributed by atoms with Gasteiger partial charge < -0.3 is 20.4 Å². The van der Waals surface area contributed by atoms with Gasteiger partial charge in [-0.25, -0.2) is 0 Å². The molecule has 112 valence electrons. The summed E-state index contributed by atoms with van der Waals surface area (Å²) in [6, 6.07) is 0. The first-order valence-corrected chi connectivity index (χ1v) is 6.93. The van der Waals surface area contributed by atoms with Crippen molar-refractivity contribution in [1.82, 2.24) is 20.4 Å². The molecule has 0 radical (unpaired) electrons. The first-order valence-electron chi connectivity index (χ1n) is 6.93. The second kappa shape index (κ2) is 9.28. The van der Waals surface area contributed by atoms with E-state index in [0.29, 0.717) is 0 Å². The topological polar surface area (TPSA) is 64.7 Å². The number of amides is 2. The van der Waals surface area contributed by atoms with Crippen molar-refractivity contribution in [2.45, 2.75) is 0 Å². The summed E-state index contributed by atoms with van der Waals surface area (Å²) in [6.07, 6.45) is 2.73. The molecule has 2 aliphatic heterocycles. The van der Waals surface area contributed by atoms with Gasteiger partial charge in [0.25, 0.3) is 0 Å². The molecule has 0 atom stereocenters. The summed E-state index contributed by atoms with van der Waals surface area (Å²) in [5.74, 6) is 0.0861. The Hall–Kier alpha value is -1.66. The molecule has 2 aliphatic rings. The van der Waals surface area contributed by atoms with Crippen LogP contribution in [-0.4, -0.2) is 74.0 Å². The lowest BCUT2D eigenvalue weighted by Gasteiger charge is -2.25. The van der Waals surface area contributed by atoms with Crippen LogP contribution in [0.1, 0.15) is 0 Å². The molecule has 0 spiro atoms. The number of carbonyl (C=O) groups excluding carboxylic acids is 2. The van der Waals surface area contributed by atoms with Gasteiger partial charge in [0.05, 0.1) is 0 Å². The van der Waals surface area contributed by atoms with Crippen molar-refractivity contribution in [2.75, 3.05) is 52.4 Å². The Labute approximate surface area is 120 Å². The van der Waals surface area contributed by atoms with Gasteiger partial charge in [-0.2, -0.15) is 0 Å². The van der Waals surface area contributed by atoms with Gasteiger partial charge in [-0.15, -0.1) is 0 Å². The molecule has 2 fully saturated rings. The van der Waals surface area contributed by atoms with Crippen molar-refractivity contribution in [3.8, 4) is 0 Å². The number of nitrogens with zero attached hydrogens (tertiary/aromatic N) is 2. The normalized spacial score (nSPS) is 18.6. The van der Waals surface area contributed by atoms with E-state index in [1.807, 2.05) is 0 Å². The molecule has 2 heterocycles. The maximum absolute atomic E-state index is 10.9. The molecule has 2 saturated heterocycles. The average molecular weight is 280 g/mol. The lowest BCUT2D eigenvalue weighted by molar-refractivity contribution is -0.127. The minimum atomic E-state index is 0.0431. The number of carbonyl (C=O) groups is 2. The Bertz CT molecular complexity index is 311. The third-order valence-electron chi connectivity index (χ3n) is 3.21. The second-order valence-corrected chi connectivity index (χ2v) is 4.56. The molecule has 2 N–H and O–H groups in total.